The SMILES string of the molecule is CC12CCC(C/C1=C\C=O)C2(C)C. The van der Waals surface area contributed by atoms with Gasteiger partial charge in [-0.3, -0.25) is 4.79 Å². The zero-order chi connectivity index (χ0) is 9.69. The molecule has 1 heteroatoms. The van der Waals surface area contributed by atoms with Gasteiger partial charge >= 0.3 is 0 Å². The van der Waals surface area contributed by atoms with Gasteiger partial charge in [-0.25, -0.2) is 0 Å². The van der Waals surface area contributed by atoms with Crippen LogP contribution in [0, 0.1) is 16.7 Å². The van der Waals surface area contributed by atoms with E-state index in [2.05, 4.69) is 20.8 Å². The smallest absolute Gasteiger partial charge is 0.142 e. The monoisotopic (exact) mass is 178 g/mol. The molecule has 2 atom stereocenters. The van der Waals surface area contributed by atoms with Crippen molar-refractivity contribution in [2.24, 2.45) is 16.7 Å². The fraction of sp³-hybridized carbons (Fsp3) is 0.750. The number of allylic oxidation sites excluding steroid dienone is 2. The molecule has 13 heavy (non-hydrogen) atoms. The van der Waals surface area contributed by atoms with Gasteiger partial charge in [-0.1, -0.05) is 26.3 Å². The third-order valence-corrected chi connectivity index (χ3v) is 4.88. The fourth-order valence-electron chi connectivity index (χ4n) is 3.35. The van der Waals surface area contributed by atoms with Crippen LogP contribution in [0.3, 0.4) is 0 Å². The summed E-state index contributed by atoms with van der Waals surface area (Å²) in [5.41, 5.74) is 2.10. The van der Waals surface area contributed by atoms with Crippen molar-refractivity contribution >= 4 is 6.29 Å². The molecule has 0 radical (unpaired) electrons. The lowest BCUT2D eigenvalue weighted by molar-refractivity contribution is -0.104. The highest BCUT2D eigenvalue weighted by molar-refractivity contribution is 5.67. The molecule has 2 unspecified atom stereocenters. The largest absolute Gasteiger partial charge is 0.299 e. The summed E-state index contributed by atoms with van der Waals surface area (Å²) in [6.45, 7) is 7.04. The number of hydrogen-bond acceptors (Lipinski definition) is 1. The molecule has 72 valence electrons. The van der Waals surface area contributed by atoms with E-state index in [1.807, 2.05) is 0 Å². The van der Waals surface area contributed by atoms with E-state index < -0.39 is 0 Å². The second kappa shape index (κ2) is 2.46. The summed E-state index contributed by atoms with van der Waals surface area (Å²) in [5, 5.41) is 0. The van der Waals surface area contributed by atoms with Crippen molar-refractivity contribution in [3.63, 3.8) is 0 Å². The Labute approximate surface area is 80.2 Å². The molecule has 0 amide bonds. The Morgan fingerprint density at radius 2 is 2.08 bits per heavy atom. The van der Waals surface area contributed by atoms with Gasteiger partial charge in [-0.2, -0.15) is 0 Å². The Morgan fingerprint density at radius 1 is 1.38 bits per heavy atom. The second-order valence-electron chi connectivity index (χ2n) is 5.32. The number of fused-ring (bicyclic) bond motifs is 2. The predicted molar refractivity (Wildman–Crippen MR) is 53.4 cm³/mol. The molecule has 0 saturated heterocycles. The van der Waals surface area contributed by atoms with E-state index in [4.69, 9.17) is 0 Å². The average Bonchev–Trinajstić information content (AvgIpc) is 2.37. The summed E-state index contributed by atoms with van der Waals surface area (Å²) in [4.78, 5) is 10.5. The molecular formula is C12H18O. The molecule has 2 aliphatic carbocycles. The average molecular weight is 178 g/mol. The molecule has 0 aromatic rings. The van der Waals surface area contributed by atoms with Crippen LogP contribution < -0.4 is 0 Å². The van der Waals surface area contributed by atoms with Crippen molar-refractivity contribution in [3.05, 3.63) is 11.6 Å². The quantitative estimate of drug-likeness (QED) is 0.445. The van der Waals surface area contributed by atoms with Gasteiger partial charge < -0.3 is 0 Å². The van der Waals surface area contributed by atoms with Gasteiger partial charge in [0.05, 0.1) is 0 Å². The lowest BCUT2D eigenvalue weighted by Crippen LogP contribution is -2.28. The number of carbonyl (C=O) groups is 1. The zero-order valence-electron chi connectivity index (χ0n) is 8.76. The van der Waals surface area contributed by atoms with E-state index in [1.165, 1.54) is 18.4 Å². The summed E-state index contributed by atoms with van der Waals surface area (Å²) >= 11 is 0. The van der Waals surface area contributed by atoms with Crippen molar-refractivity contribution in [1.29, 1.82) is 0 Å². The fourth-order valence-corrected chi connectivity index (χ4v) is 3.35. The molecule has 0 N–H and O–H groups in total. The maximum atomic E-state index is 10.5. The van der Waals surface area contributed by atoms with Crippen LogP contribution in [0.1, 0.15) is 40.0 Å². The van der Waals surface area contributed by atoms with Gasteiger partial charge in [0.25, 0.3) is 0 Å². The van der Waals surface area contributed by atoms with E-state index in [9.17, 15) is 4.79 Å². The van der Waals surface area contributed by atoms with Crippen LogP contribution >= 0.6 is 0 Å². The molecule has 2 saturated carbocycles. The van der Waals surface area contributed by atoms with Crippen LogP contribution in [0.15, 0.2) is 11.6 Å². The van der Waals surface area contributed by atoms with Gasteiger partial charge in [-0.05, 0) is 42.1 Å². The number of aldehydes is 1. The van der Waals surface area contributed by atoms with Gasteiger partial charge in [0.1, 0.15) is 6.29 Å². The molecule has 2 fully saturated rings. The first-order chi connectivity index (χ1) is 6.02. The lowest BCUT2D eigenvalue weighted by Gasteiger charge is -2.35. The first-order valence-electron chi connectivity index (χ1n) is 5.17. The van der Waals surface area contributed by atoms with Gasteiger partial charge in [0, 0.05) is 0 Å². The van der Waals surface area contributed by atoms with Crippen LogP contribution in [0.2, 0.25) is 0 Å². The van der Waals surface area contributed by atoms with Crippen LogP contribution in [0.25, 0.3) is 0 Å². The lowest BCUT2D eigenvalue weighted by atomic mass is 9.69. The summed E-state index contributed by atoms with van der Waals surface area (Å²) in [7, 11) is 0. The normalized spacial score (nSPS) is 44.2. The summed E-state index contributed by atoms with van der Waals surface area (Å²) in [6, 6.07) is 0. The van der Waals surface area contributed by atoms with Crippen LogP contribution in [-0.2, 0) is 4.79 Å². The standard InChI is InChI=1S/C12H18O/c1-11(2)9-4-6-12(11,3)10(8-9)5-7-13/h5,7,9H,4,6,8H2,1-3H3/b10-5+. The first-order valence-corrected chi connectivity index (χ1v) is 5.17. The molecule has 2 aliphatic rings. The minimum Gasteiger partial charge on any atom is -0.299 e. The molecule has 0 aromatic heterocycles. The van der Waals surface area contributed by atoms with E-state index in [0.717, 1.165) is 18.6 Å². The van der Waals surface area contributed by atoms with Crippen molar-refractivity contribution in [2.45, 2.75) is 40.0 Å². The molecule has 0 aromatic carbocycles. The highest BCUT2D eigenvalue weighted by Crippen LogP contribution is 2.67. The molecule has 0 spiro atoms. The van der Waals surface area contributed by atoms with Crippen LogP contribution in [-0.4, -0.2) is 6.29 Å². The van der Waals surface area contributed by atoms with E-state index in [1.54, 1.807) is 6.08 Å². The van der Waals surface area contributed by atoms with Crippen molar-refractivity contribution < 1.29 is 4.79 Å². The summed E-state index contributed by atoms with van der Waals surface area (Å²) in [5.74, 6) is 0.809. The van der Waals surface area contributed by atoms with Crippen molar-refractivity contribution in [2.75, 3.05) is 0 Å². The summed E-state index contributed by atoms with van der Waals surface area (Å²) < 4.78 is 0. The van der Waals surface area contributed by atoms with Crippen molar-refractivity contribution in [1.82, 2.24) is 0 Å². The number of hydrogen-bond donors (Lipinski definition) is 0. The maximum absolute atomic E-state index is 10.5. The van der Waals surface area contributed by atoms with Gasteiger partial charge in [0.2, 0.25) is 0 Å². The first kappa shape index (κ1) is 8.98. The third-order valence-electron chi connectivity index (χ3n) is 4.88. The van der Waals surface area contributed by atoms with E-state index in [-0.39, 0.29) is 0 Å². The Hall–Kier alpha value is -0.590. The minimum atomic E-state index is 0.304. The van der Waals surface area contributed by atoms with Crippen LogP contribution in [0.5, 0.6) is 0 Å². The van der Waals surface area contributed by atoms with E-state index in [0.29, 0.717) is 10.8 Å². The number of rotatable bonds is 1. The second-order valence-corrected chi connectivity index (χ2v) is 5.32. The molecule has 0 heterocycles. The van der Waals surface area contributed by atoms with E-state index >= 15 is 0 Å². The Morgan fingerprint density at radius 3 is 2.46 bits per heavy atom. The topological polar surface area (TPSA) is 17.1 Å². The number of carbonyl (C=O) groups excluding carboxylic acids is 1. The molecule has 1 nitrogen and oxygen atoms in total. The highest BCUT2D eigenvalue weighted by atomic mass is 16.1. The Bertz CT molecular complexity index is 275. The zero-order valence-corrected chi connectivity index (χ0v) is 8.76. The molecule has 0 aliphatic heterocycles. The molecule has 2 bridgehead atoms. The van der Waals surface area contributed by atoms with Crippen LogP contribution in [0.4, 0.5) is 0 Å². The van der Waals surface area contributed by atoms with Gasteiger partial charge in [-0.15, -0.1) is 0 Å². The summed E-state index contributed by atoms with van der Waals surface area (Å²) in [6.07, 6.45) is 6.53. The Balaban J connectivity index is 2.44. The highest BCUT2D eigenvalue weighted by Gasteiger charge is 2.58. The minimum absolute atomic E-state index is 0.304. The Kier molecular flexibility index (Phi) is 1.70. The van der Waals surface area contributed by atoms with Crippen molar-refractivity contribution in [3.8, 4) is 0 Å². The molecular weight excluding hydrogens is 160 g/mol. The molecule has 2 rings (SSSR count). The maximum Gasteiger partial charge on any atom is 0.142 e. The van der Waals surface area contributed by atoms with Gasteiger partial charge in [0.15, 0.2) is 0 Å². The predicted octanol–water partition coefficient (Wildman–Crippen LogP) is 2.96. The third kappa shape index (κ3) is 0.905.